The van der Waals surface area contributed by atoms with E-state index in [1.54, 1.807) is 0 Å². The molecular formula is C13H22N2O3. The minimum atomic E-state index is -0.744. The number of carboxylic acid groups (broad SMARTS) is 1. The maximum Gasteiger partial charge on any atom is 0.308 e. The topological polar surface area (TPSA) is 60.9 Å². The van der Waals surface area contributed by atoms with Gasteiger partial charge in [0.2, 0.25) is 5.91 Å². The van der Waals surface area contributed by atoms with Crippen LogP contribution in [0.3, 0.4) is 0 Å². The minimum Gasteiger partial charge on any atom is -0.481 e. The molecule has 1 heterocycles. The van der Waals surface area contributed by atoms with Gasteiger partial charge >= 0.3 is 5.97 Å². The fraction of sp³-hybridized carbons (Fsp3) is 0.846. The zero-order valence-corrected chi connectivity index (χ0v) is 11.1. The first kappa shape index (κ1) is 13.3. The molecule has 0 spiro atoms. The van der Waals surface area contributed by atoms with E-state index >= 15 is 0 Å². The fourth-order valence-corrected chi connectivity index (χ4v) is 2.82. The van der Waals surface area contributed by atoms with Crippen molar-refractivity contribution in [3.8, 4) is 0 Å². The Labute approximate surface area is 108 Å². The van der Waals surface area contributed by atoms with Crippen molar-refractivity contribution >= 4 is 11.9 Å². The van der Waals surface area contributed by atoms with E-state index in [0.717, 1.165) is 19.4 Å². The second-order valence-electron chi connectivity index (χ2n) is 5.53. The van der Waals surface area contributed by atoms with Gasteiger partial charge < -0.3 is 10.0 Å². The summed E-state index contributed by atoms with van der Waals surface area (Å²) >= 11 is 0. The largest absolute Gasteiger partial charge is 0.481 e. The molecule has 18 heavy (non-hydrogen) atoms. The Kier molecular flexibility index (Phi) is 3.90. The summed E-state index contributed by atoms with van der Waals surface area (Å²) < 4.78 is 0. The third-order valence-corrected chi connectivity index (χ3v) is 4.01. The summed E-state index contributed by atoms with van der Waals surface area (Å²) in [5.74, 6) is -0.787. The van der Waals surface area contributed by atoms with Crippen molar-refractivity contribution in [2.24, 2.45) is 11.8 Å². The van der Waals surface area contributed by atoms with Crippen molar-refractivity contribution in [3.63, 3.8) is 0 Å². The zero-order valence-electron chi connectivity index (χ0n) is 11.1. The molecule has 0 aromatic carbocycles. The molecule has 102 valence electrons. The quantitative estimate of drug-likeness (QED) is 0.782. The number of likely N-dealkylation sites (tertiary alicyclic amines) is 1. The Morgan fingerprint density at radius 2 is 2.00 bits per heavy atom. The van der Waals surface area contributed by atoms with Crippen LogP contribution in [0.4, 0.5) is 0 Å². The number of rotatable bonds is 5. The lowest BCUT2D eigenvalue weighted by Gasteiger charge is -2.23. The molecule has 0 unspecified atom stereocenters. The summed E-state index contributed by atoms with van der Waals surface area (Å²) in [5, 5.41) is 9.07. The maximum absolute atomic E-state index is 12.1. The molecule has 0 aromatic rings. The van der Waals surface area contributed by atoms with Crippen LogP contribution in [0.2, 0.25) is 0 Å². The van der Waals surface area contributed by atoms with Gasteiger partial charge in [0.25, 0.3) is 0 Å². The summed E-state index contributed by atoms with van der Waals surface area (Å²) in [6.07, 6.45) is 2.24. The van der Waals surface area contributed by atoms with E-state index in [1.807, 2.05) is 23.6 Å². The lowest BCUT2D eigenvalue weighted by atomic mass is 9.99. The number of carboxylic acids is 1. The second-order valence-corrected chi connectivity index (χ2v) is 5.53. The van der Waals surface area contributed by atoms with E-state index < -0.39 is 5.97 Å². The van der Waals surface area contributed by atoms with E-state index in [2.05, 4.69) is 0 Å². The fourth-order valence-electron chi connectivity index (χ4n) is 2.82. The molecule has 0 radical (unpaired) electrons. The van der Waals surface area contributed by atoms with Gasteiger partial charge in [-0.25, -0.2) is 0 Å². The molecule has 1 aliphatic carbocycles. The van der Waals surface area contributed by atoms with Crippen LogP contribution in [-0.4, -0.2) is 59.0 Å². The van der Waals surface area contributed by atoms with Crippen molar-refractivity contribution in [1.29, 1.82) is 0 Å². The lowest BCUT2D eigenvalue weighted by molar-refractivity contribution is -0.142. The predicted molar refractivity (Wildman–Crippen MR) is 67.1 cm³/mol. The highest BCUT2D eigenvalue weighted by molar-refractivity contribution is 5.79. The van der Waals surface area contributed by atoms with Crippen molar-refractivity contribution in [3.05, 3.63) is 0 Å². The highest BCUT2D eigenvalue weighted by atomic mass is 16.4. The van der Waals surface area contributed by atoms with Crippen molar-refractivity contribution in [1.82, 2.24) is 9.80 Å². The Morgan fingerprint density at radius 1 is 1.33 bits per heavy atom. The minimum absolute atomic E-state index is 0.131. The van der Waals surface area contributed by atoms with Crippen LogP contribution < -0.4 is 0 Å². The van der Waals surface area contributed by atoms with E-state index in [1.165, 1.54) is 0 Å². The Bertz CT molecular complexity index is 341. The number of likely N-dealkylation sites (N-methyl/N-ethyl adjacent to an activating group) is 1. The normalized spacial score (nSPS) is 28.3. The number of carbonyl (C=O) groups excluding carboxylic acids is 1. The molecule has 2 rings (SSSR count). The van der Waals surface area contributed by atoms with Gasteiger partial charge in [0.15, 0.2) is 0 Å². The molecule has 2 atom stereocenters. The molecule has 1 amide bonds. The smallest absolute Gasteiger partial charge is 0.308 e. The number of hydrogen-bond acceptors (Lipinski definition) is 3. The van der Waals surface area contributed by atoms with Gasteiger partial charge in [-0.15, -0.1) is 0 Å². The molecule has 0 aromatic heterocycles. The van der Waals surface area contributed by atoms with Crippen molar-refractivity contribution in [2.75, 3.05) is 26.2 Å². The first-order valence-corrected chi connectivity index (χ1v) is 6.77. The number of carbonyl (C=O) groups is 2. The van der Waals surface area contributed by atoms with Gasteiger partial charge in [-0.05, 0) is 25.7 Å². The van der Waals surface area contributed by atoms with Crippen LogP contribution in [0.25, 0.3) is 0 Å². The number of aliphatic carboxylic acids is 1. The third kappa shape index (κ3) is 2.83. The average Bonchev–Trinajstić information content (AvgIpc) is 3.04. The predicted octanol–water partition coefficient (Wildman–Crippen LogP) is 0.650. The van der Waals surface area contributed by atoms with Crippen LogP contribution in [0.1, 0.15) is 26.7 Å². The molecule has 1 N–H and O–H groups in total. The molecular weight excluding hydrogens is 232 g/mol. The summed E-state index contributed by atoms with van der Waals surface area (Å²) in [5.41, 5.74) is 0. The molecule has 1 aliphatic heterocycles. The van der Waals surface area contributed by atoms with Gasteiger partial charge in [-0.1, -0.05) is 6.92 Å². The highest BCUT2D eigenvalue weighted by Gasteiger charge is 2.37. The van der Waals surface area contributed by atoms with Crippen LogP contribution in [0.15, 0.2) is 0 Å². The molecule has 2 aliphatic rings. The molecule has 0 bridgehead atoms. The van der Waals surface area contributed by atoms with E-state index in [0.29, 0.717) is 25.7 Å². The Morgan fingerprint density at radius 3 is 2.44 bits per heavy atom. The second kappa shape index (κ2) is 5.26. The summed E-state index contributed by atoms with van der Waals surface area (Å²) in [7, 11) is 0. The van der Waals surface area contributed by atoms with Gasteiger partial charge in [0.1, 0.15) is 0 Å². The van der Waals surface area contributed by atoms with Gasteiger partial charge in [0.05, 0.1) is 12.5 Å². The van der Waals surface area contributed by atoms with Crippen LogP contribution in [0.5, 0.6) is 0 Å². The van der Waals surface area contributed by atoms with Gasteiger partial charge in [0, 0.05) is 25.7 Å². The van der Waals surface area contributed by atoms with Crippen molar-refractivity contribution in [2.45, 2.75) is 32.7 Å². The first-order chi connectivity index (χ1) is 8.52. The summed E-state index contributed by atoms with van der Waals surface area (Å²) in [6, 6.07) is 0.442. The average molecular weight is 254 g/mol. The lowest BCUT2D eigenvalue weighted by Crippen LogP contribution is -2.41. The Hall–Kier alpha value is -1.10. The molecule has 2 fully saturated rings. The number of nitrogens with zero attached hydrogens (tertiary/aromatic N) is 2. The highest BCUT2D eigenvalue weighted by Crippen LogP contribution is 2.27. The first-order valence-electron chi connectivity index (χ1n) is 6.77. The van der Waals surface area contributed by atoms with Crippen LogP contribution in [-0.2, 0) is 9.59 Å². The molecule has 1 saturated heterocycles. The maximum atomic E-state index is 12.1. The SMILES string of the molecule is CCN(C(=O)CN1C[C@@H](C)[C@H](C(=O)O)C1)C1CC1. The zero-order chi connectivity index (χ0) is 13.3. The molecule has 5 heteroatoms. The summed E-state index contributed by atoms with van der Waals surface area (Å²) in [6.45, 7) is 6.30. The molecule has 5 nitrogen and oxygen atoms in total. The van der Waals surface area contributed by atoms with Gasteiger partial charge in [-0.2, -0.15) is 0 Å². The van der Waals surface area contributed by atoms with Crippen LogP contribution >= 0.6 is 0 Å². The van der Waals surface area contributed by atoms with E-state index in [-0.39, 0.29) is 17.7 Å². The van der Waals surface area contributed by atoms with Crippen molar-refractivity contribution < 1.29 is 14.7 Å². The monoisotopic (exact) mass is 254 g/mol. The standard InChI is InChI=1S/C13H22N2O3/c1-3-15(10-4-5-10)12(16)8-14-6-9(2)11(7-14)13(17)18/h9-11H,3-8H2,1-2H3,(H,17,18)/t9-,11-/m1/s1. The Balaban J connectivity index is 1.86. The third-order valence-electron chi connectivity index (χ3n) is 4.01. The van der Waals surface area contributed by atoms with Gasteiger partial charge in [-0.3, -0.25) is 14.5 Å². The number of amides is 1. The van der Waals surface area contributed by atoms with E-state index in [9.17, 15) is 9.59 Å². The number of hydrogen-bond donors (Lipinski definition) is 1. The summed E-state index contributed by atoms with van der Waals surface area (Å²) in [4.78, 5) is 27.1. The molecule has 1 saturated carbocycles. The van der Waals surface area contributed by atoms with E-state index in [4.69, 9.17) is 5.11 Å². The van der Waals surface area contributed by atoms with Crippen LogP contribution in [0, 0.1) is 11.8 Å².